The van der Waals surface area contributed by atoms with Gasteiger partial charge in [0.2, 0.25) is 0 Å². The van der Waals surface area contributed by atoms with Crippen LogP contribution in [0.5, 0.6) is 0 Å². The number of nitrogens with one attached hydrogen (secondary N) is 2. The summed E-state index contributed by atoms with van der Waals surface area (Å²) in [6.07, 6.45) is 10.8. The van der Waals surface area contributed by atoms with Crippen LogP contribution < -0.4 is 10.6 Å². The highest BCUT2D eigenvalue weighted by Gasteiger charge is 2.37. The van der Waals surface area contributed by atoms with E-state index in [9.17, 15) is 13.5 Å². The van der Waals surface area contributed by atoms with Gasteiger partial charge in [-0.1, -0.05) is 0 Å². The summed E-state index contributed by atoms with van der Waals surface area (Å²) in [7, 11) is -1.55. The van der Waals surface area contributed by atoms with Gasteiger partial charge < -0.3 is 15.7 Å². The lowest BCUT2D eigenvalue weighted by Gasteiger charge is -2.34. The number of nitrogens with zero attached hydrogens (tertiary/aromatic N) is 7. The lowest BCUT2D eigenvalue weighted by Crippen LogP contribution is -2.35. The third-order valence-electron chi connectivity index (χ3n) is 7.65. The maximum atomic E-state index is 12.5. The van der Waals surface area contributed by atoms with Crippen molar-refractivity contribution in [1.82, 2.24) is 33.9 Å². The van der Waals surface area contributed by atoms with E-state index in [0.29, 0.717) is 35.9 Å². The molecular formula is C27H33N9O3S. The molecule has 6 rings (SSSR count). The van der Waals surface area contributed by atoms with Gasteiger partial charge in [-0.25, -0.2) is 23.4 Å². The van der Waals surface area contributed by atoms with Gasteiger partial charge in [-0.15, -0.1) is 0 Å². The number of hydrogen-bond acceptors (Lipinski definition) is 10. The monoisotopic (exact) mass is 563 g/mol. The first-order valence-corrected chi connectivity index (χ1v) is 15.0. The summed E-state index contributed by atoms with van der Waals surface area (Å²) in [6.45, 7) is 3.90. The number of rotatable bonds is 8. The van der Waals surface area contributed by atoms with Crippen LogP contribution in [0.1, 0.15) is 51.1 Å². The summed E-state index contributed by atoms with van der Waals surface area (Å²) in [5, 5.41) is 25.7. The van der Waals surface area contributed by atoms with Crippen LogP contribution in [0.15, 0.2) is 43.0 Å². The van der Waals surface area contributed by atoms with Crippen molar-refractivity contribution in [3.63, 3.8) is 0 Å². The summed E-state index contributed by atoms with van der Waals surface area (Å²) >= 11 is 0. The number of pyridine rings is 1. The van der Waals surface area contributed by atoms with E-state index in [4.69, 9.17) is 0 Å². The number of hydrogen-bond donors (Lipinski definition) is 3. The summed E-state index contributed by atoms with van der Waals surface area (Å²) in [6, 6.07) is 5.91. The first-order chi connectivity index (χ1) is 19.1. The molecule has 4 aromatic heterocycles. The van der Waals surface area contributed by atoms with Gasteiger partial charge in [0.05, 0.1) is 34.5 Å². The molecule has 40 heavy (non-hydrogen) atoms. The van der Waals surface area contributed by atoms with Crippen molar-refractivity contribution < 1.29 is 13.5 Å². The molecule has 4 aromatic rings. The Kier molecular flexibility index (Phi) is 6.57. The maximum absolute atomic E-state index is 12.5. The van der Waals surface area contributed by atoms with E-state index < -0.39 is 15.6 Å². The number of aromatic nitrogens is 7. The molecule has 0 radical (unpaired) electrons. The third-order valence-corrected chi connectivity index (χ3v) is 9.69. The second kappa shape index (κ2) is 9.97. The first kappa shape index (κ1) is 26.4. The van der Waals surface area contributed by atoms with E-state index in [1.165, 1.54) is 12.4 Å². The molecule has 210 valence electrons. The van der Waals surface area contributed by atoms with E-state index in [-0.39, 0.29) is 11.3 Å². The Balaban J connectivity index is 1.26. The molecule has 2 aliphatic carbocycles. The van der Waals surface area contributed by atoms with Crippen LogP contribution in [0.3, 0.4) is 0 Å². The molecule has 2 saturated carbocycles. The minimum atomic E-state index is -3.47. The number of aliphatic hydroxyl groups is 1. The fourth-order valence-electron chi connectivity index (χ4n) is 4.92. The van der Waals surface area contributed by atoms with Crippen molar-refractivity contribution in [3.05, 3.63) is 48.7 Å². The Bertz CT molecular complexity index is 1630. The van der Waals surface area contributed by atoms with Crippen LogP contribution in [0.4, 0.5) is 17.3 Å². The third kappa shape index (κ3) is 5.43. The smallest absolute Gasteiger partial charge is 0.256 e. The zero-order chi connectivity index (χ0) is 28.1. The van der Waals surface area contributed by atoms with E-state index in [1.54, 1.807) is 18.5 Å². The largest absolute Gasteiger partial charge is 0.390 e. The van der Waals surface area contributed by atoms with Gasteiger partial charge in [0.25, 0.3) is 10.0 Å². The van der Waals surface area contributed by atoms with Crippen molar-refractivity contribution in [3.8, 4) is 22.6 Å². The minimum absolute atomic E-state index is 0.216. The second-order valence-corrected chi connectivity index (χ2v) is 13.1. The zero-order valence-electron chi connectivity index (χ0n) is 22.7. The Morgan fingerprint density at radius 3 is 2.55 bits per heavy atom. The summed E-state index contributed by atoms with van der Waals surface area (Å²) < 4.78 is 27.9. The van der Waals surface area contributed by atoms with Crippen molar-refractivity contribution in [2.75, 3.05) is 10.6 Å². The van der Waals surface area contributed by atoms with E-state index in [0.717, 1.165) is 52.4 Å². The molecule has 13 heteroatoms. The fraction of sp³-hybridized carbons (Fsp3) is 0.444. The van der Waals surface area contributed by atoms with E-state index >= 15 is 0 Å². The van der Waals surface area contributed by atoms with Crippen LogP contribution in [-0.4, -0.2) is 64.3 Å². The SMILES string of the molecule is Cc1cc(-c2cnc(Nc3ccnc(-c4cnn(S(=O)(=O)C5CC5)c4)n3)cc2NC2CCC(C)(O)CC2)nn1C. The van der Waals surface area contributed by atoms with Gasteiger partial charge >= 0.3 is 0 Å². The van der Waals surface area contributed by atoms with Gasteiger partial charge in [-0.3, -0.25) is 4.68 Å². The molecule has 12 nitrogen and oxygen atoms in total. The van der Waals surface area contributed by atoms with Crippen LogP contribution >= 0.6 is 0 Å². The zero-order valence-corrected chi connectivity index (χ0v) is 23.6. The Morgan fingerprint density at radius 2 is 1.85 bits per heavy atom. The average Bonchev–Trinajstić information content (AvgIpc) is 3.57. The number of anilines is 3. The molecule has 2 fully saturated rings. The first-order valence-electron chi connectivity index (χ1n) is 13.5. The molecule has 4 heterocycles. The molecule has 0 aliphatic heterocycles. The van der Waals surface area contributed by atoms with E-state index in [2.05, 4.69) is 35.8 Å². The van der Waals surface area contributed by atoms with Crippen LogP contribution in [0, 0.1) is 6.92 Å². The van der Waals surface area contributed by atoms with Crippen molar-refractivity contribution >= 4 is 27.3 Å². The van der Waals surface area contributed by atoms with Gasteiger partial charge in [-0.2, -0.15) is 14.3 Å². The molecular weight excluding hydrogens is 530 g/mol. The molecule has 0 atom stereocenters. The lowest BCUT2D eigenvalue weighted by atomic mass is 9.83. The topological polar surface area (TPSA) is 153 Å². The number of aryl methyl sites for hydroxylation is 2. The molecule has 3 N–H and O–H groups in total. The normalized spacial score (nSPS) is 21.4. The molecule has 0 aromatic carbocycles. The Hall–Kier alpha value is -3.84. The fourth-order valence-corrected chi connectivity index (χ4v) is 6.40. The van der Waals surface area contributed by atoms with Crippen LogP contribution in [-0.2, 0) is 17.1 Å². The molecule has 0 unspecified atom stereocenters. The molecule has 0 amide bonds. The van der Waals surface area contributed by atoms with Crippen molar-refractivity contribution in [2.45, 2.75) is 69.3 Å². The van der Waals surface area contributed by atoms with Crippen molar-refractivity contribution in [1.29, 1.82) is 0 Å². The highest BCUT2D eigenvalue weighted by atomic mass is 32.2. The average molecular weight is 564 g/mol. The summed E-state index contributed by atoms with van der Waals surface area (Å²) in [5.74, 6) is 1.45. The molecule has 2 aliphatic rings. The minimum Gasteiger partial charge on any atom is -0.390 e. The Labute approximate surface area is 232 Å². The van der Waals surface area contributed by atoms with Crippen molar-refractivity contribution in [2.24, 2.45) is 7.05 Å². The molecule has 0 spiro atoms. The highest BCUT2D eigenvalue weighted by Crippen LogP contribution is 2.35. The van der Waals surface area contributed by atoms with Crippen LogP contribution in [0.2, 0.25) is 0 Å². The van der Waals surface area contributed by atoms with Crippen LogP contribution in [0.25, 0.3) is 22.6 Å². The summed E-state index contributed by atoms with van der Waals surface area (Å²) in [4.78, 5) is 13.5. The standard InChI is InChI=1S/C27H33N9O3S/c1-17-12-23(34-35(17)3)21-15-29-25(13-22(21)31-19-6-9-27(2,37)10-7-19)32-24-8-11-28-26(33-24)18-14-30-36(16-18)40(38,39)20-4-5-20/h8,11-16,19-20,37H,4-7,9-10H2,1-3H3,(H2,28,29,31,32,33). The van der Waals surface area contributed by atoms with E-state index in [1.807, 2.05) is 37.7 Å². The van der Waals surface area contributed by atoms with Gasteiger partial charge in [0.15, 0.2) is 5.82 Å². The predicted octanol–water partition coefficient (Wildman–Crippen LogP) is 3.63. The van der Waals surface area contributed by atoms with Gasteiger partial charge in [-0.05, 0) is 64.5 Å². The Morgan fingerprint density at radius 1 is 1.07 bits per heavy atom. The van der Waals surface area contributed by atoms with Gasteiger partial charge in [0, 0.05) is 48.5 Å². The molecule has 0 saturated heterocycles. The van der Waals surface area contributed by atoms with Gasteiger partial charge in [0.1, 0.15) is 11.6 Å². The summed E-state index contributed by atoms with van der Waals surface area (Å²) in [5.41, 5.74) is 3.54. The maximum Gasteiger partial charge on any atom is 0.256 e. The lowest BCUT2D eigenvalue weighted by molar-refractivity contribution is 0.0196. The molecule has 0 bridgehead atoms. The predicted molar refractivity (Wildman–Crippen MR) is 152 cm³/mol. The quantitative estimate of drug-likeness (QED) is 0.290. The highest BCUT2D eigenvalue weighted by molar-refractivity contribution is 7.90. The second-order valence-electron chi connectivity index (χ2n) is 11.1.